The third kappa shape index (κ3) is 6.36. The van der Waals surface area contributed by atoms with Crippen molar-refractivity contribution >= 4 is 39.9 Å². The smallest absolute Gasteiger partial charge is 0.350 e. The van der Waals surface area contributed by atoms with Crippen LogP contribution in [0.3, 0.4) is 0 Å². The van der Waals surface area contributed by atoms with E-state index in [1.165, 1.54) is 21.3 Å². The number of benzene rings is 3. The lowest BCUT2D eigenvalue weighted by Gasteiger charge is -2.24. The first-order chi connectivity index (χ1) is 22.6. The predicted octanol–water partition coefficient (Wildman–Crippen LogP) is 6.17. The number of rotatable bonds is 11. The van der Waals surface area contributed by atoms with Crippen molar-refractivity contribution in [3.05, 3.63) is 99.1 Å². The second-order valence-corrected chi connectivity index (χ2v) is 11.5. The van der Waals surface area contributed by atoms with Crippen LogP contribution in [-0.4, -0.2) is 55.7 Å². The molecular weight excluding hydrogens is 624 g/mol. The molecular formula is C35H34N2O9S. The molecule has 11 nitrogen and oxygen atoms in total. The minimum Gasteiger partial charge on any atom is -0.507 e. The SMILES string of the molecule is CCOC(=O)c1sc(N2C(=O)C(=O)C(=C(O)c3ccc(OCc4ccccc4C)cc3)C2c2cc(OC)c(OC)c(OC)c2)nc1C. The number of anilines is 1. The molecule has 0 saturated carbocycles. The van der Waals surface area contributed by atoms with Gasteiger partial charge < -0.3 is 28.8 Å². The maximum Gasteiger partial charge on any atom is 0.350 e. The molecule has 12 heteroatoms. The Balaban J connectivity index is 1.61. The number of Topliss-reactive ketones (excluding diaryl/α,β-unsaturated/α-hetero) is 1. The van der Waals surface area contributed by atoms with E-state index in [1.807, 2.05) is 31.2 Å². The van der Waals surface area contributed by atoms with Gasteiger partial charge in [-0.05, 0) is 73.9 Å². The van der Waals surface area contributed by atoms with Crippen LogP contribution in [0, 0.1) is 13.8 Å². The molecule has 3 aromatic carbocycles. The number of ether oxygens (including phenoxy) is 5. The number of aryl methyl sites for hydroxylation is 2. The number of esters is 1. The molecule has 0 spiro atoms. The van der Waals surface area contributed by atoms with E-state index in [-0.39, 0.29) is 39.3 Å². The van der Waals surface area contributed by atoms with Gasteiger partial charge in [-0.1, -0.05) is 35.6 Å². The van der Waals surface area contributed by atoms with Gasteiger partial charge in [-0.25, -0.2) is 9.78 Å². The number of ketones is 1. The summed E-state index contributed by atoms with van der Waals surface area (Å²) in [4.78, 5) is 46.0. The number of hydrogen-bond acceptors (Lipinski definition) is 11. The molecule has 1 atom stereocenters. The van der Waals surface area contributed by atoms with E-state index in [4.69, 9.17) is 23.7 Å². The molecule has 1 aromatic heterocycles. The van der Waals surface area contributed by atoms with Crippen molar-refractivity contribution in [1.29, 1.82) is 0 Å². The van der Waals surface area contributed by atoms with Gasteiger partial charge in [-0.3, -0.25) is 14.5 Å². The zero-order valence-electron chi connectivity index (χ0n) is 26.8. The normalized spacial score (nSPS) is 15.4. The van der Waals surface area contributed by atoms with E-state index in [2.05, 4.69) is 4.98 Å². The highest BCUT2D eigenvalue weighted by atomic mass is 32.1. The quantitative estimate of drug-likeness (QED) is 0.0864. The molecule has 0 bridgehead atoms. The summed E-state index contributed by atoms with van der Waals surface area (Å²) >= 11 is 0.912. The summed E-state index contributed by atoms with van der Waals surface area (Å²) in [7, 11) is 4.34. The van der Waals surface area contributed by atoms with Crippen LogP contribution in [0.1, 0.15) is 50.6 Å². The molecule has 4 aromatic rings. The van der Waals surface area contributed by atoms with Gasteiger partial charge in [0.05, 0.1) is 45.2 Å². The average molecular weight is 659 g/mol. The van der Waals surface area contributed by atoms with Crippen LogP contribution in [0.25, 0.3) is 5.76 Å². The van der Waals surface area contributed by atoms with Gasteiger partial charge in [0.1, 0.15) is 23.0 Å². The standard InChI is InChI=1S/C35H34N2O9S/c1-7-45-34(41)32-20(3)36-35(47-32)37-28(23-16-25(42-4)31(44-6)26(17-23)43-5)27(30(39)33(37)40)29(38)21-12-14-24(15-13-21)46-18-22-11-9-8-10-19(22)2/h8-17,28,38H,7,18H2,1-6H3. The molecule has 1 aliphatic rings. The number of amides is 1. The summed E-state index contributed by atoms with van der Waals surface area (Å²) in [6, 6.07) is 16.5. The third-order valence-corrected chi connectivity index (χ3v) is 8.82. The second kappa shape index (κ2) is 14.0. The largest absolute Gasteiger partial charge is 0.507 e. The Bertz CT molecular complexity index is 1840. The zero-order valence-corrected chi connectivity index (χ0v) is 27.6. The monoisotopic (exact) mass is 658 g/mol. The summed E-state index contributed by atoms with van der Waals surface area (Å²) in [5, 5.41) is 11.7. The Morgan fingerprint density at radius 2 is 1.62 bits per heavy atom. The molecule has 1 unspecified atom stereocenters. The number of carbonyl (C=O) groups is 3. The molecule has 1 aliphatic heterocycles. The highest BCUT2D eigenvalue weighted by Crippen LogP contribution is 2.48. The van der Waals surface area contributed by atoms with Gasteiger partial charge in [-0.15, -0.1) is 0 Å². The fourth-order valence-electron chi connectivity index (χ4n) is 5.27. The number of methoxy groups -OCH3 is 3. The van der Waals surface area contributed by atoms with Crippen LogP contribution in [0.15, 0.2) is 66.2 Å². The summed E-state index contributed by atoms with van der Waals surface area (Å²) in [6.45, 7) is 5.80. The van der Waals surface area contributed by atoms with E-state index >= 15 is 0 Å². The molecule has 2 heterocycles. The number of aliphatic hydroxyl groups is 1. The molecule has 47 heavy (non-hydrogen) atoms. The summed E-state index contributed by atoms with van der Waals surface area (Å²) in [5.74, 6) is -1.49. The fourth-order valence-corrected chi connectivity index (χ4v) is 6.26. The average Bonchev–Trinajstić information content (AvgIpc) is 3.59. The molecule has 1 N–H and O–H groups in total. The van der Waals surface area contributed by atoms with Crippen LogP contribution in [0.2, 0.25) is 0 Å². The van der Waals surface area contributed by atoms with Gasteiger partial charge in [0, 0.05) is 5.56 Å². The predicted molar refractivity (Wildman–Crippen MR) is 176 cm³/mol. The van der Waals surface area contributed by atoms with E-state index in [9.17, 15) is 19.5 Å². The highest BCUT2D eigenvalue weighted by Gasteiger charge is 2.49. The van der Waals surface area contributed by atoms with Crippen molar-refractivity contribution in [2.75, 3.05) is 32.8 Å². The molecule has 0 radical (unpaired) electrons. The number of thiazole rings is 1. The van der Waals surface area contributed by atoms with Crippen molar-refractivity contribution < 1.29 is 43.2 Å². The molecule has 0 aliphatic carbocycles. The number of aromatic nitrogens is 1. The molecule has 1 amide bonds. The minimum atomic E-state index is -1.18. The van der Waals surface area contributed by atoms with E-state index in [1.54, 1.807) is 50.2 Å². The van der Waals surface area contributed by atoms with Crippen LogP contribution in [0.5, 0.6) is 23.0 Å². The lowest BCUT2D eigenvalue weighted by atomic mass is 9.94. The topological polar surface area (TPSA) is 134 Å². The van der Waals surface area contributed by atoms with Gasteiger partial charge in [0.15, 0.2) is 16.6 Å². The summed E-state index contributed by atoms with van der Waals surface area (Å²) < 4.78 is 27.7. The second-order valence-electron chi connectivity index (χ2n) is 10.5. The Kier molecular flexibility index (Phi) is 9.80. The number of carbonyl (C=O) groups excluding carboxylic acids is 3. The highest BCUT2D eigenvalue weighted by molar-refractivity contribution is 7.17. The fraction of sp³-hybridized carbons (Fsp3) is 0.257. The van der Waals surface area contributed by atoms with E-state index in [0.717, 1.165) is 27.4 Å². The minimum absolute atomic E-state index is 0.0745. The molecule has 1 saturated heterocycles. The van der Waals surface area contributed by atoms with Crippen LogP contribution in [0.4, 0.5) is 5.13 Å². The molecule has 1 fully saturated rings. The Labute approximate surface area is 275 Å². The van der Waals surface area contributed by atoms with Crippen molar-refractivity contribution in [1.82, 2.24) is 4.98 Å². The van der Waals surface area contributed by atoms with Crippen molar-refractivity contribution in [2.24, 2.45) is 0 Å². The Morgan fingerprint density at radius 1 is 0.957 bits per heavy atom. The van der Waals surface area contributed by atoms with Crippen LogP contribution in [-0.2, 0) is 20.9 Å². The van der Waals surface area contributed by atoms with Crippen molar-refractivity contribution in [3.63, 3.8) is 0 Å². The molecule has 5 rings (SSSR count). The summed E-state index contributed by atoms with van der Waals surface area (Å²) in [6.07, 6.45) is 0. The third-order valence-electron chi connectivity index (χ3n) is 7.68. The Morgan fingerprint density at radius 3 is 2.21 bits per heavy atom. The molecule has 244 valence electrons. The lowest BCUT2D eigenvalue weighted by molar-refractivity contribution is -0.132. The van der Waals surface area contributed by atoms with Crippen molar-refractivity contribution in [3.8, 4) is 23.0 Å². The number of nitrogens with zero attached hydrogens (tertiary/aromatic N) is 2. The van der Waals surface area contributed by atoms with Crippen LogP contribution >= 0.6 is 11.3 Å². The first-order valence-electron chi connectivity index (χ1n) is 14.7. The zero-order chi connectivity index (χ0) is 33.8. The maximum absolute atomic E-state index is 13.8. The maximum atomic E-state index is 13.8. The first-order valence-corrected chi connectivity index (χ1v) is 15.5. The van der Waals surface area contributed by atoms with Gasteiger partial charge in [0.2, 0.25) is 5.75 Å². The van der Waals surface area contributed by atoms with Gasteiger partial charge in [0.25, 0.3) is 5.78 Å². The first kappa shape index (κ1) is 33.0. The lowest BCUT2D eigenvalue weighted by Crippen LogP contribution is -2.29. The van der Waals surface area contributed by atoms with Gasteiger partial charge >= 0.3 is 11.9 Å². The van der Waals surface area contributed by atoms with Crippen LogP contribution < -0.4 is 23.8 Å². The van der Waals surface area contributed by atoms with Gasteiger partial charge in [-0.2, -0.15) is 0 Å². The summed E-state index contributed by atoms with van der Waals surface area (Å²) in [5.41, 5.74) is 2.92. The Hall–Kier alpha value is -5.36. The van der Waals surface area contributed by atoms with E-state index in [0.29, 0.717) is 29.4 Å². The number of aliphatic hydroxyl groups excluding tert-OH is 1. The van der Waals surface area contributed by atoms with Crippen molar-refractivity contribution in [2.45, 2.75) is 33.4 Å². The van der Waals surface area contributed by atoms with E-state index < -0.39 is 29.5 Å². The number of hydrogen-bond donors (Lipinski definition) is 1.